The van der Waals surface area contributed by atoms with E-state index in [-0.39, 0.29) is 28.6 Å². The van der Waals surface area contributed by atoms with Crippen molar-refractivity contribution in [3.63, 3.8) is 0 Å². The van der Waals surface area contributed by atoms with Crippen molar-refractivity contribution in [1.82, 2.24) is 30.2 Å². The van der Waals surface area contributed by atoms with Crippen LogP contribution >= 0.6 is 0 Å². The number of rotatable bonds is 8. The highest BCUT2D eigenvalue weighted by molar-refractivity contribution is 7.92. The molecule has 0 spiro atoms. The van der Waals surface area contributed by atoms with E-state index in [1.54, 1.807) is 4.90 Å². The number of nitrogens with zero attached hydrogens (tertiary/aromatic N) is 4. The number of carbonyl (C=O) groups is 2. The third-order valence-electron chi connectivity index (χ3n) is 7.64. The van der Waals surface area contributed by atoms with E-state index in [1.807, 2.05) is 19.0 Å². The number of methoxy groups -OCH3 is 1. The summed E-state index contributed by atoms with van der Waals surface area (Å²) in [7, 11) is 1.33. The molecule has 2 amide bonds. The van der Waals surface area contributed by atoms with E-state index < -0.39 is 27.4 Å². The predicted molar refractivity (Wildman–Crippen MR) is 152 cm³/mol. The number of nitrogens with one attached hydrogen (secondary N) is 3. The number of sulfone groups is 1. The number of piperazine rings is 1. The SMILES string of the molecule is CCC1CN(C)C2=C(N[C@@](N)(Nc3ccc(S(=O)(=O)CC(=O)N4CCN(C)CC4)cc3OC)NC2=O)N1C(C)C. The van der Waals surface area contributed by atoms with Crippen LogP contribution in [-0.4, -0.2) is 118 Å². The van der Waals surface area contributed by atoms with Crippen LogP contribution < -0.4 is 26.4 Å². The van der Waals surface area contributed by atoms with Gasteiger partial charge in [-0.05, 0) is 39.4 Å². The first-order valence-corrected chi connectivity index (χ1v) is 15.2. The van der Waals surface area contributed by atoms with E-state index in [0.29, 0.717) is 49.9 Å². The van der Waals surface area contributed by atoms with E-state index >= 15 is 0 Å². The molecule has 0 aliphatic carbocycles. The van der Waals surface area contributed by atoms with Crippen LogP contribution in [0.3, 0.4) is 0 Å². The van der Waals surface area contributed by atoms with Gasteiger partial charge >= 0.3 is 0 Å². The number of hydrogen-bond donors (Lipinski definition) is 4. The molecule has 0 bridgehead atoms. The monoisotopic (exact) mass is 578 g/mol. The minimum absolute atomic E-state index is 0.0419. The molecule has 222 valence electrons. The summed E-state index contributed by atoms with van der Waals surface area (Å²) >= 11 is 0. The highest BCUT2D eigenvalue weighted by Gasteiger charge is 2.44. The maximum Gasteiger partial charge on any atom is 0.275 e. The highest BCUT2D eigenvalue weighted by Crippen LogP contribution is 2.32. The molecular formula is C26H42N8O5S. The van der Waals surface area contributed by atoms with Crippen LogP contribution in [0.1, 0.15) is 27.2 Å². The molecule has 13 nitrogen and oxygen atoms in total. The summed E-state index contributed by atoms with van der Waals surface area (Å²) in [5, 5.41) is 9.14. The van der Waals surface area contributed by atoms with E-state index in [0.717, 1.165) is 6.42 Å². The van der Waals surface area contributed by atoms with Gasteiger partial charge < -0.3 is 35.0 Å². The maximum atomic E-state index is 13.3. The third kappa shape index (κ3) is 5.93. The molecule has 1 aromatic carbocycles. The molecule has 1 fully saturated rings. The second-order valence-corrected chi connectivity index (χ2v) is 12.9. The number of carbonyl (C=O) groups excluding carboxylic acids is 2. The molecular weight excluding hydrogens is 536 g/mol. The van der Waals surface area contributed by atoms with E-state index in [9.17, 15) is 18.0 Å². The summed E-state index contributed by atoms with van der Waals surface area (Å²) < 4.78 is 31.7. The first-order chi connectivity index (χ1) is 18.8. The predicted octanol–water partition coefficient (Wildman–Crippen LogP) is -0.452. The summed E-state index contributed by atoms with van der Waals surface area (Å²) in [5.74, 6) is -2.17. The van der Waals surface area contributed by atoms with Crippen LogP contribution in [0.25, 0.3) is 0 Å². The van der Waals surface area contributed by atoms with Crippen molar-refractivity contribution in [2.24, 2.45) is 5.73 Å². The number of benzene rings is 1. The molecule has 0 aromatic heterocycles. The molecule has 3 heterocycles. The normalized spacial score (nSPS) is 24.1. The van der Waals surface area contributed by atoms with E-state index in [2.05, 4.69) is 46.5 Å². The first-order valence-electron chi connectivity index (χ1n) is 13.6. The first kappa shape index (κ1) is 29.7. The van der Waals surface area contributed by atoms with Crippen LogP contribution in [0.5, 0.6) is 5.75 Å². The lowest BCUT2D eigenvalue weighted by Gasteiger charge is -2.51. The second kappa shape index (κ2) is 11.3. The van der Waals surface area contributed by atoms with Crippen LogP contribution in [0.4, 0.5) is 5.69 Å². The van der Waals surface area contributed by atoms with Gasteiger partial charge in [0, 0.05) is 57.9 Å². The summed E-state index contributed by atoms with van der Waals surface area (Å²) in [6.07, 6.45) is 0.884. The third-order valence-corrected chi connectivity index (χ3v) is 9.24. The molecule has 0 saturated carbocycles. The highest BCUT2D eigenvalue weighted by atomic mass is 32.2. The van der Waals surface area contributed by atoms with Crippen molar-refractivity contribution in [1.29, 1.82) is 0 Å². The van der Waals surface area contributed by atoms with Gasteiger partial charge in [0.1, 0.15) is 23.0 Å². The fourth-order valence-electron chi connectivity index (χ4n) is 5.48. The summed E-state index contributed by atoms with van der Waals surface area (Å²) in [6.45, 7) is 9.33. The maximum absolute atomic E-state index is 13.3. The van der Waals surface area contributed by atoms with Gasteiger partial charge in [0.05, 0.1) is 17.7 Å². The molecule has 0 radical (unpaired) electrons. The van der Waals surface area contributed by atoms with Crippen LogP contribution in [0, 0.1) is 0 Å². The summed E-state index contributed by atoms with van der Waals surface area (Å²) in [4.78, 5) is 33.7. The van der Waals surface area contributed by atoms with Crippen molar-refractivity contribution in [2.75, 3.05) is 65.0 Å². The quantitative estimate of drug-likeness (QED) is 0.297. The molecule has 14 heteroatoms. The van der Waals surface area contributed by atoms with Gasteiger partial charge in [-0.1, -0.05) is 6.92 Å². The zero-order valence-corrected chi connectivity index (χ0v) is 25.0. The Morgan fingerprint density at radius 2 is 1.88 bits per heavy atom. The zero-order chi connectivity index (χ0) is 29.4. The fourth-order valence-corrected chi connectivity index (χ4v) is 6.72. The molecule has 1 saturated heterocycles. The standard InChI is InChI=1S/C26H42N8O5S/c1-7-18-15-32(5)23-24(34(18)17(2)3)29-26(27,30-25(23)36)28-20-9-8-19(14-21(20)39-6)40(37,38)16-22(35)33-12-10-31(4)11-13-33/h8-9,14,17-18,28-29H,7,10-13,15-16,27H2,1-6H3,(H,30,36)/t18?,26-/m1/s1. The van der Waals surface area contributed by atoms with Gasteiger partial charge in [-0.15, -0.1) is 0 Å². The molecule has 2 atom stereocenters. The van der Waals surface area contributed by atoms with Crippen LogP contribution in [0.15, 0.2) is 34.6 Å². The molecule has 5 N–H and O–H groups in total. The Balaban J connectivity index is 1.56. The van der Waals surface area contributed by atoms with E-state index in [1.165, 1.54) is 25.3 Å². The Labute approximate surface area is 236 Å². The van der Waals surface area contributed by atoms with Gasteiger partial charge in [-0.2, -0.15) is 0 Å². The average molecular weight is 579 g/mol. The largest absolute Gasteiger partial charge is 0.495 e. The smallest absolute Gasteiger partial charge is 0.275 e. The Bertz CT molecular complexity index is 1280. The van der Waals surface area contributed by atoms with Crippen LogP contribution in [0.2, 0.25) is 0 Å². The molecule has 3 aliphatic rings. The van der Waals surface area contributed by atoms with Gasteiger partial charge in [-0.3, -0.25) is 20.6 Å². The number of anilines is 1. The second-order valence-electron chi connectivity index (χ2n) is 11.0. The molecule has 4 rings (SSSR count). The number of amides is 2. The lowest BCUT2D eigenvalue weighted by Crippen LogP contribution is -2.76. The van der Waals surface area contributed by atoms with Crippen molar-refractivity contribution in [2.45, 2.75) is 50.1 Å². The molecule has 3 aliphatic heterocycles. The molecule has 1 unspecified atom stereocenters. The fraction of sp³-hybridized carbons (Fsp3) is 0.615. The number of ether oxygens (including phenoxy) is 1. The zero-order valence-electron chi connectivity index (χ0n) is 24.2. The molecule has 1 aromatic rings. The van der Waals surface area contributed by atoms with Crippen molar-refractivity contribution < 1.29 is 22.7 Å². The topological polar surface area (TPSA) is 153 Å². The van der Waals surface area contributed by atoms with Gasteiger partial charge in [0.2, 0.25) is 11.8 Å². The van der Waals surface area contributed by atoms with Crippen molar-refractivity contribution >= 4 is 27.3 Å². The lowest BCUT2D eigenvalue weighted by molar-refractivity contribution is -0.130. The number of hydrogen-bond acceptors (Lipinski definition) is 11. The van der Waals surface area contributed by atoms with Gasteiger partial charge in [0.25, 0.3) is 5.91 Å². The minimum Gasteiger partial charge on any atom is -0.495 e. The number of likely N-dealkylation sites (N-methyl/N-ethyl adjacent to an activating group) is 2. The number of nitrogens with two attached hydrogens (primary N) is 1. The van der Waals surface area contributed by atoms with Crippen molar-refractivity contribution in [3.05, 3.63) is 29.7 Å². The average Bonchev–Trinajstić information content (AvgIpc) is 2.87. The van der Waals surface area contributed by atoms with Crippen molar-refractivity contribution in [3.8, 4) is 5.75 Å². The Hall–Kier alpha value is -3.23. The Morgan fingerprint density at radius 1 is 1.20 bits per heavy atom. The minimum atomic E-state index is -3.93. The summed E-state index contributed by atoms with van der Waals surface area (Å²) in [5.41, 5.74) is 7.49. The molecule has 40 heavy (non-hydrogen) atoms. The van der Waals surface area contributed by atoms with Crippen LogP contribution in [-0.2, 0) is 19.4 Å². The summed E-state index contributed by atoms with van der Waals surface area (Å²) in [6, 6.07) is 4.56. The Morgan fingerprint density at radius 3 is 2.48 bits per heavy atom. The van der Waals surface area contributed by atoms with Gasteiger partial charge in [0.15, 0.2) is 9.84 Å². The Kier molecular flexibility index (Phi) is 8.43. The lowest BCUT2D eigenvalue weighted by atomic mass is 10.0. The van der Waals surface area contributed by atoms with Gasteiger partial charge in [-0.25, -0.2) is 8.42 Å². The van der Waals surface area contributed by atoms with E-state index in [4.69, 9.17) is 10.5 Å².